The van der Waals surface area contributed by atoms with Gasteiger partial charge in [-0.15, -0.1) is 0 Å². The zero-order chi connectivity index (χ0) is 21.6. The molecule has 5 amide bonds. The van der Waals surface area contributed by atoms with E-state index in [0.29, 0.717) is 17.1 Å². The maximum atomic E-state index is 12.0. The van der Waals surface area contributed by atoms with E-state index in [1.807, 2.05) is 0 Å². The third-order valence-electron chi connectivity index (χ3n) is 4.19. The van der Waals surface area contributed by atoms with E-state index < -0.39 is 29.3 Å². The first-order valence-corrected chi connectivity index (χ1v) is 8.81. The summed E-state index contributed by atoms with van der Waals surface area (Å²) in [6.45, 7) is 3.07. The molecule has 1 saturated heterocycles. The molecular formula is C19H24N4O6. The first-order valence-electron chi connectivity index (χ1n) is 8.81. The van der Waals surface area contributed by atoms with Gasteiger partial charge in [-0.3, -0.25) is 30.1 Å². The molecule has 0 atom stereocenters. The number of nitrogens with one attached hydrogen (secondary N) is 3. The number of benzene rings is 1. The Bertz CT molecular complexity index is 849. The maximum absolute atomic E-state index is 12.0. The fraction of sp³-hybridized carbons (Fsp3) is 0.368. The van der Waals surface area contributed by atoms with Gasteiger partial charge in [-0.1, -0.05) is 0 Å². The highest BCUT2D eigenvalue weighted by Gasteiger charge is 2.43. The van der Waals surface area contributed by atoms with Crippen molar-refractivity contribution in [2.75, 3.05) is 20.8 Å². The maximum Gasteiger partial charge on any atom is 0.325 e. The van der Waals surface area contributed by atoms with Gasteiger partial charge in [-0.25, -0.2) is 4.79 Å². The molecule has 10 heteroatoms. The van der Waals surface area contributed by atoms with Crippen LogP contribution >= 0.6 is 0 Å². The van der Waals surface area contributed by atoms with E-state index in [1.165, 1.54) is 26.4 Å². The van der Waals surface area contributed by atoms with Crippen molar-refractivity contribution in [1.29, 1.82) is 0 Å². The SMILES string of the molecule is COc1ccc(/C=C/C(=O)NNC(=O)CCN2C(=O)NC(C)(C)C2=O)c(OC)c1. The summed E-state index contributed by atoms with van der Waals surface area (Å²) in [6.07, 6.45) is 2.60. The molecule has 0 radical (unpaired) electrons. The molecule has 1 fully saturated rings. The van der Waals surface area contributed by atoms with E-state index in [4.69, 9.17) is 9.47 Å². The molecule has 0 spiro atoms. The third kappa shape index (κ3) is 5.47. The zero-order valence-corrected chi connectivity index (χ0v) is 16.7. The number of carbonyl (C=O) groups excluding carboxylic acids is 4. The fourth-order valence-electron chi connectivity index (χ4n) is 2.59. The molecule has 3 N–H and O–H groups in total. The van der Waals surface area contributed by atoms with Crippen LogP contribution in [0.1, 0.15) is 25.8 Å². The zero-order valence-electron chi connectivity index (χ0n) is 16.7. The van der Waals surface area contributed by atoms with Gasteiger partial charge in [0.1, 0.15) is 17.0 Å². The Morgan fingerprint density at radius 1 is 1.17 bits per heavy atom. The van der Waals surface area contributed by atoms with Crippen LogP contribution in [0.5, 0.6) is 11.5 Å². The van der Waals surface area contributed by atoms with Gasteiger partial charge in [0.2, 0.25) is 5.91 Å². The number of imide groups is 1. The number of methoxy groups -OCH3 is 2. The van der Waals surface area contributed by atoms with Crippen LogP contribution in [0.4, 0.5) is 4.79 Å². The second-order valence-electron chi connectivity index (χ2n) is 6.74. The Kier molecular flexibility index (Phi) is 6.81. The summed E-state index contributed by atoms with van der Waals surface area (Å²) in [4.78, 5) is 48.5. The van der Waals surface area contributed by atoms with Crippen LogP contribution in [0.3, 0.4) is 0 Å². The molecule has 0 aromatic heterocycles. The largest absolute Gasteiger partial charge is 0.497 e. The third-order valence-corrected chi connectivity index (χ3v) is 4.19. The van der Waals surface area contributed by atoms with E-state index in [2.05, 4.69) is 16.2 Å². The first kappa shape index (κ1) is 21.7. The van der Waals surface area contributed by atoms with Crippen molar-refractivity contribution in [3.63, 3.8) is 0 Å². The van der Waals surface area contributed by atoms with Gasteiger partial charge in [0, 0.05) is 30.7 Å². The van der Waals surface area contributed by atoms with Crippen LogP contribution in [-0.2, 0) is 14.4 Å². The van der Waals surface area contributed by atoms with Crippen molar-refractivity contribution in [2.45, 2.75) is 25.8 Å². The van der Waals surface area contributed by atoms with Crippen LogP contribution in [0.2, 0.25) is 0 Å². The van der Waals surface area contributed by atoms with E-state index in [9.17, 15) is 19.2 Å². The highest BCUT2D eigenvalue weighted by Crippen LogP contribution is 2.25. The molecule has 2 rings (SSSR count). The molecule has 29 heavy (non-hydrogen) atoms. The predicted octanol–water partition coefficient (Wildman–Crippen LogP) is 0.585. The predicted molar refractivity (Wildman–Crippen MR) is 104 cm³/mol. The van der Waals surface area contributed by atoms with Crippen molar-refractivity contribution in [3.05, 3.63) is 29.8 Å². The second kappa shape index (κ2) is 9.09. The van der Waals surface area contributed by atoms with Gasteiger partial charge < -0.3 is 14.8 Å². The van der Waals surface area contributed by atoms with Gasteiger partial charge in [-0.05, 0) is 32.1 Å². The number of rotatable bonds is 7. The van der Waals surface area contributed by atoms with Crippen molar-refractivity contribution in [3.8, 4) is 11.5 Å². The smallest absolute Gasteiger partial charge is 0.325 e. The van der Waals surface area contributed by atoms with Crippen LogP contribution in [0, 0.1) is 0 Å². The number of hydrogen-bond donors (Lipinski definition) is 3. The minimum atomic E-state index is -0.991. The van der Waals surface area contributed by atoms with E-state index in [1.54, 1.807) is 32.0 Å². The minimum absolute atomic E-state index is 0.0886. The Morgan fingerprint density at radius 3 is 2.48 bits per heavy atom. The lowest BCUT2D eigenvalue weighted by Crippen LogP contribution is -2.43. The van der Waals surface area contributed by atoms with Crippen LogP contribution < -0.4 is 25.6 Å². The first-order chi connectivity index (χ1) is 13.7. The Labute approximate surface area is 168 Å². The molecule has 10 nitrogen and oxygen atoms in total. The Hall–Kier alpha value is -3.56. The quantitative estimate of drug-likeness (QED) is 0.347. The average molecular weight is 404 g/mol. The van der Waals surface area contributed by atoms with E-state index in [-0.39, 0.29) is 13.0 Å². The number of hydrazine groups is 1. The second-order valence-corrected chi connectivity index (χ2v) is 6.74. The number of hydrogen-bond acceptors (Lipinski definition) is 6. The van der Waals surface area contributed by atoms with E-state index in [0.717, 1.165) is 4.90 Å². The summed E-state index contributed by atoms with van der Waals surface area (Å²) in [5.74, 6) is -0.375. The molecule has 0 bridgehead atoms. The Morgan fingerprint density at radius 2 is 1.90 bits per heavy atom. The molecule has 1 aliphatic rings. The minimum Gasteiger partial charge on any atom is -0.497 e. The molecule has 156 valence electrons. The summed E-state index contributed by atoms with van der Waals surface area (Å²) < 4.78 is 10.3. The molecule has 0 aliphatic carbocycles. The van der Waals surface area contributed by atoms with Crippen molar-refractivity contribution >= 4 is 29.8 Å². The van der Waals surface area contributed by atoms with Crippen molar-refractivity contribution < 1.29 is 28.7 Å². The molecular weight excluding hydrogens is 380 g/mol. The summed E-state index contributed by atoms with van der Waals surface area (Å²) in [5.41, 5.74) is 4.12. The molecule has 1 aliphatic heterocycles. The highest BCUT2D eigenvalue weighted by molar-refractivity contribution is 6.06. The molecule has 0 saturated carbocycles. The van der Waals surface area contributed by atoms with E-state index >= 15 is 0 Å². The van der Waals surface area contributed by atoms with Gasteiger partial charge in [0.05, 0.1) is 14.2 Å². The van der Waals surface area contributed by atoms with Gasteiger partial charge in [-0.2, -0.15) is 0 Å². The standard InChI is InChI=1S/C19H24N4O6/c1-19(2)17(26)23(18(27)20-19)10-9-16(25)22-21-15(24)8-6-12-5-7-13(28-3)11-14(12)29-4/h5-8,11H,9-10H2,1-4H3,(H,20,27)(H,21,24)(H,22,25)/b8-6+. The lowest BCUT2D eigenvalue weighted by Gasteiger charge is -2.15. The van der Waals surface area contributed by atoms with Crippen molar-refractivity contribution in [1.82, 2.24) is 21.1 Å². The Balaban J connectivity index is 1.82. The topological polar surface area (TPSA) is 126 Å². The molecule has 1 heterocycles. The number of ether oxygens (including phenoxy) is 2. The van der Waals surface area contributed by atoms with Gasteiger partial charge in [0.15, 0.2) is 0 Å². The summed E-state index contributed by atoms with van der Waals surface area (Å²) in [5, 5.41) is 2.52. The van der Waals surface area contributed by atoms with Gasteiger partial charge in [0.25, 0.3) is 11.8 Å². The summed E-state index contributed by atoms with van der Waals surface area (Å²) >= 11 is 0. The lowest BCUT2D eigenvalue weighted by atomic mass is 10.1. The van der Waals surface area contributed by atoms with Crippen LogP contribution in [0.15, 0.2) is 24.3 Å². The van der Waals surface area contributed by atoms with Crippen LogP contribution in [0.25, 0.3) is 6.08 Å². The number of amides is 5. The molecule has 0 unspecified atom stereocenters. The monoisotopic (exact) mass is 404 g/mol. The lowest BCUT2D eigenvalue weighted by molar-refractivity contribution is -0.131. The number of urea groups is 1. The van der Waals surface area contributed by atoms with Crippen LogP contribution in [-0.4, -0.2) is 55.0 Å². The molecule has 1 aromatic rings. The highest BCUT2D eigenvalue weighted by atomic mass is 16.5. The van der Waals surface area contributed by atoms with Crippen molar-refractivity contribution in [2.24, 2.45) is 0 Å². The summed E-state index contributed by atoms with van der Waals surface area (Å²) in [6, 6.07) is 4.57. The van der Waals surface area contributed by atoms with Gasteiger partial charge >= 0.3 is 6.03 Å². The fourth-order valence-corrected chi connectivity index (χ4v) is 2.59. The molecule has 1 aromatic carbocycles. The number of carbonyl (C=O) groups is 4. The average Bonchev–Trinajstić information content (AvgIpc) is 2.89. The normalized spacial score (nSPS) is 15.2. The number of nitrogens with zero attached hydrogens (tertiary/aromatic N) is 1. The summed E-state index contributed by atoms with van der Waals surface area (Å²) in [7, 11) is 3.03.